The van der Waals surface area contributed by atoms with Gasteiger partial charge in [-0.1, -0.05) is 22.0 Å². The second-order valence-electron chi connectivity index (χ2n) is 3.31. The van der Waals surface area contributed by atoms with E-state index in [1.54, 1.807) is 12.1 Å². The van der Waals surface area contributed by atoms with Gasteiger partial charge in [-0.2, -0.15) is 13.2 Å². The van der Waals surface area contributed by atoms with E-state index in [-0.39, 0.29) is 0 Å². The van der Waals surface area contributed by atoms with Crippen molar-refractivity contribution in [3.8, 4) is 5.75 Å². The summed E-state index contributed by atoms with van der Waals surface area (Å²) >= 11 is 3.20. The number of alkyl halides is 3. The first-order chi connectivity index (χ1) is 7.33. The molecule has 2 N–H and O–H groups in total. The van der Waals surface area contributed by atoms with Crippen LogP contribution in [0.1, 0.15) is 18.0 Å². The highest BCUT2D eigenvalue weighted by molar-refractivity contribution is 9.10. The lowest BCUT2D eigenvalue weighted by atomic mass is 10.0. The van der Waals surface area contributed by atoms with Crippen molar-refractivity contribution in [2.45, 2.75) is 18.6 Å². The molecule has 0 saturated carbocycles. The molecule has 0 aromatic heterocycles. The summed E-state index contributed by atoms with van der Waals surface area (Å²) in [5.41, 5.74) is 5.84. The molecule has 0 bridgehead atoms. The predicted octanol–water partition coefficient (Wildman–Crippen LogP) is 3.41. The van der Waals surface area contributed by atoms with E-state index < -0.39 is 18.6 Å². The van der Waals surface area contributed by atoms with Crippen LogP contribution in [0.4, 0.5) is 13.2 Å². The fraction of sp³-hybridized carbons (Fsp3) is 0.400. The Bertz CT molecular complexity index is 368. The first-order valence-corrected chi connectivity index (χ1v) is 5.28. The molecule has 1 atom stereocenters. The molecule has 0 spiro atoms. The van der Waals surface area contributed by atoms with Crippen LogP contribution in [0.5, 0.6) is 5.75 Å². The largest absolute Gasteiger partial charge is 0.496 e. The first-order valence-electron chi connectivity index (χ1n) is 4.49. The number of halogens is 4. The molecule has 0 aliphatic carbocycles. The van der Waals surface area contributed by atoms with Gasteiger partial charge in [-0.05, 0) is 12.1 Å². The van der Waals surface area contributed by atoms with Crippen LogP contribution < -0.4 is 10.5 Å². The maximum atomic E-state index is 12.2. The van der Waals surface area contributed by atoms with E-state index in [0.29, 0.717) is 11.3 Å². The lowest BCUT2D eigenvalue weighted by Gasteiger charge is -2.17. The lowest BCUT2D eigenvalue weighted by Crippen LogP contribution is -2.20. The van der Waals surface area contributed by atoms with Crippen LogP contribution >= 0.6 is 15.9 Å². The van der Waals surface area contributed by atoms with E-state index in [1.165, 1.54) is 13.2 Å². The van der Waals surface area contributed by atoms with Gasteiger partial charge in [-0.3, -0.25) is 0 Å². The van der Waals surface area contributed by atoms with Gasteiger partial charge in [-0.15, -0.1) is 0 Å². The Kier molecular flexibility index (Phi) is 4.21. The second kappa shape index (κ2) is 5.05. The summed E-state index contributed by atoms with van der Waals surface area (Å²) in [4.78, 5) is 0. The fourth-order valence-corrected chi connectivity index (χ4v) is 1.69. The first kappa shape index (κ1) is 13.3. The highest BCUT2D eigenvalue weighted by Gasteiger charge is 2.31. The van der Waals surface area contributed by atoms with Gasteiger partial charge in [0.05, 0.1) is 13.5 Å². The van der Waals surface area contributed by atoms with E-state index in [4.69, 9.17) is 10.5 Å². The van der Waals surface area contributed by atoms with Crippen molar-refractivity contribution in [1.82, 2.24) is 0 Å². The topological polar surface area (TPSA) is 35.2 Å². The van der Waals surface area contributed by atoms with Crippen LogP contribution in [0, 0.1) is 0 Å². The molecule has 0 aliphatic rings. The molecule has 0 unspecified atom stereocenters. The molecule has 16 heavy (non-hydrogen) atoms. The Hall–Kier alpha value is -0.750. The summed E-state index contributed by atoms with van der Waals surface area (Å²) in [7, 11) is 1.39. The van der Waals surface area contributed by atoms with Crippen molar-refractivity contribution >= 4 is 15.9 Å². The Morgan fingerprint density at radius 2 is 2.06 bits per heavy atom. The Labute approximate surface area is 99.7 Å². The summed E-state index contributed by atoms with van der Waals surface area (Å²) in [6.45, 7) is 0. The van der Waals surface area contributed by atoms with Crippen LogP contribution in [-0.4, -0.2) is 13.3 Å². The monoisotopic (exact) mass is 297 g/mol. The standard InChI is InChI=1S/C10H11BrF3NO/c1-16-9-4-6(11)2-3-7(9)8(15)5-10(12,13)14/h2-4,8H,5,15H2,1H3/t8-/m0/s1. The normalized spacial score (nSPS) is 13.6. The van der Waals surface area contributed by atoms with Crippen LogP contribution in [-0.2, 0) is 0 Å². The quantitative estimate of drug-likeness (QED) is 0.928. The van der Waals surface area contributed by atoms with E-state index >= 15 is 0 Å². The molecule has 1 aromatic rings. The summed E-state index contributed by atoms with van der Waals surface area (Å²) in [6, 6.07) is 3.64. The van der Waals surface area contributed by atoms with E-state index in [9.17, 15) is 13.2 Å². The van der Waals surface area contributed by atoms with Crippen molar-refractivity contribution in [3.63, 3.8) is 0 Å². The maximum absolute atomic E-state index is 12.2. The molecule has 90 valence electrons. The van der Waals surface area contributed by atoms with Crippen LogP contribution in [0.25, 0.3) is 0 Å². The SMILES string of the molecule is COc1cc(Br)ccc1[C@@H](N)CC(F)(F)F. The van der Waals surface area contributed by atoms with Gasteiger partial charge in [0.25, 0.3) is 0 Å². The van der Waals surface area contributed by atoms with Gasteiger partial charge >= 0.3 is 6.18 Å². The summed E-state index contributed by atoms with van der Waals surface area (Å²) in [6.07, 6.45) is -5.34. The highest BCUT2D eigenvalue weighted by Crippen LogP contribution is 2.33. The number of ether oxygens (including phenoxy) is 1. The Morgan fingerprint density at radius 3 is 2.56 bits per heavy atom. The molecule has 0 amide bonds. The van der Waals surface area contributed by atoms with Gasteiger partial charge in [0.15, 0.2) is 0 Å². The molecular formula is C10H11BrF3NO. The molecule has 0 fully saturated rings. The number of methoxy groups -OCH3 is 1. The van der Waals surface area contributed by atoms with Crippen LogP contribution in [0.3, 0.4) is 0 Å². The van der Waals surface area contributed by atoms with Crippen molar-refractivity contribution in [2.24, 2.45) is 5.73 Å². The predicted molar refractivity (Wildman–Crippen MR) is 58.3 cm³/mol. The van der Waals surface area contributed by atoms with Gasteiger partial charge in [-0.25, -0.2) is 0 Å². The minimum absolute atomic E-state index is 0.350. The third-order valence-electron chi connectivity index (χ3n) is 2.05. The number of benzene rings is 1. The van der Waals surface area contributed by atoms with Crippen molar-refractivity contribution in [1.29, 1.82) is 0 Å². The molecule has 0 saturated heterocycles. The number of rotatable bonds is 3. The number of hydrogen-bond donors (Lipinski definition) is 1. The van der Waals surface area contributed by atoms with E-state index in [2.05, 4.69) is 15.9 Å². The van der Waals surface area contributed by atoms with Gasteiger partial charge < -0.3 is 10.5 Å². The van der Waals surface area contributed by atoms with E-state index in [1.807, 2.05) is 0 Å². The zero-order chi connectivity index (χ0) is 12.3. The van der Waals surface area contributed by atoms with Crippen LogP contribution in [0.15, 0.2) is 22.7 Å². The van der Waals surface area contributed by atoms with Crippen molar-refractivity contribution < 1.29 is 17.9 Å². The third-order valence-corrected chi connectivity index (χ3v) is 2.54. The lowest BCUT2D eigenvalue weighted by molar-refractivity contribution is -0.138. The summed E-state index contributed by atoms with van der Waals surface area (Å²) in [5, 5.41) is 0. The van der Waals surface area contributed by atoms with Gasteiger partial charge in [0.1, 0.15) is 5.75 Å². The van der Waals surface area contributed by atoms with Gasteiger partial charge in [0, 0.05) is 16.1 Å². The Balaban J connectivity index is 2.94. The Morgan fingerprint density at radius 1 is 1.44 bits per heavy atom. The number of nitrogens with two attached hydrogens (primary N) is 1. The number of hydrogen-bond acceptors (Lipinski definition) is 2. The maximum Gasteiger partial charge on any atom is 0.390 e. The fourth-order valence-electron chi connectivity index (χ4n) is 1.35. The second-order valence-corrected chi connectivity index (χ2v) is 4.23. The molecule has 0 heterocycles. The van der Waals surface area contributed by atoms with Crippen LogP contribution in [0.2, 0.25) is 0 Å². The third kappa shape index (κ3) is 3.68. The molecule has 6 heteroatoms. The van der Waals surface area contributed by atoms with Crippen molar-refractivity contribution in [2.75, 3.05) is 7.11 Å². The van der Waals surface area contributed by atoms with Crippen molar-refractivity contribution in [3.05, 3.63) is 28.2 Å². The molecule has 1 rings (SSSR count). The summed E-state index contributed by atoms with van der Waals surface area (Å²) in [5.74, 6) is 0.353. The minimum atomic E-state index is -4.28. The average molecular weight is 298 g/mol. The highest BCUT2D eigenvalue weighted by atomic mass is 79.9. The molecule has 2 nitrogen and oxygen atoms in total. The molecular weight excluding hydrogens is 287 g/mol. The average Bonchev–Trinajstić information content (AvgIpc) is 2.14. The minimum Gasteiger partial charge on any atom is -0.496 e. The smallest absolute Gasteiger partial charge is 0.390 e. The zero-order valence-corrected chi connectivity index (χ0v) is 10.1. The van der Waals surface area contributed by atoms with E-state index in [0.717, 1.165) is 4.47 Å². The van der Waals surface area contributed by atoms with Gasteiger partial charge in [0.2, 0.25) is 0 Å². The molecule has 0 aliphatic heterocycles. The molecule has 0 radical (unpaired) electrons. The summed E-state index contributed by atoms with van der Waals surface area (Å²) < 4.78 is 42.2. The zero-order valence-electron chi connectivity index (χ0n) is 8.51. The molecule has 1 aromatic carbocycles.